The topological polar surface area (TPSA) is 9.23 Å². The largest absolute Gasteiger partial charge is 0.496 e. The first-order valence-electron chi connectivity index (χ1n) is 3.75. The van der Waals surface area contributed by atoms with Crippen molar-refractivity contribution < 1.29 is 4.74 Å². The van der Waals surface area contributed by atoms with Crippen molar-refractivity contribution in [2.75, 3.05) is 7.11 Å². The molecule has 0 N–H and O–H groups in total. The molecule has 0 saturated carbocycles. The lowest BCUT2D eigenvalue weighted by Crippen LogP contribution is -1.94. The van der Waals surface area contributed by atoms with E-state index in [1.807, 2.05) is 12.1 Å². The fourth-order valence-corrected chi connectivity index (χ4v) is 2.09. The SMILES string of the molecule is COc1cccc(I)c1CC[Si]. The Morgan fingerprint density at radius 2 is 2.25 bits per heavy atom. The summed E-state index contributed by atoms with van der Waals surface area (Å²) in [5, 5.41) is 0. The Kier molecular flexibility index (Phi) is 4.07. The molecule has 0 unspecified atom stereocenters. The lowest BCUT2D eigenvalue weighted by atomic mass is 10.1. The van der Waals surface area contributed by atoms with Crippen LogP contribution < -0.4 is 4.74 Å². The Morgan fingerprint density at radius 3 is 2.83 bits per heavy atom. The van der Waals surface area contributed by atoms with Gasteiger partial charge < -0.3 is 4.74 Å². The van der Waals surface area contributed by atoms with Crippen LogP contribution in [0.25, 0.3) is 0 Å². The number of halogens is 1. The summed E-state index contributed by atoms with van der Waals surface area (Å²) in [5.74, 6) is 0.986. The fraction of sp³-hybridized carbons (Fsp3) is 0.333. The van der Waals surface area contributed by atoms with Crippen LogP contribution in [0.15, 0.2) is 18.2 Å². The van der Waals surface area contributed by atoms with Crippen molar-refractivity contribution in [2.24, 2.45) is 0 Å². The van der Waals surface area contributed by atoms with Gasteiger partial charge in [-0.05, 0) is 41.1 Å². The van der Waals surface area contributed by atoms with Gasteiger partial charge in [0.1, 0.15) is 5.75 Å². The molecule has 0 aliphatic rings. The predicted molar refractivity (Wildman–Crippen MR) is 60.0 cm³/mol. The monoisotopic (exact) mass is 289 g/mol. The number of ether oxygens (including phenoxy) is 1. The molecule has 0 atom stereocenters. The van der Waals surface area contributed by atoms with Crippen molar-refractivity contribution in [1.29, 1.82) is 0 Å². The van der Waals surface area contributed by atoms with Crippen molar-refractivity contribution >= 4 is 32.8 Å². The van der Waals surface area contributed by atoms with Crippen LogP contribution in [0.3, 0.4) is 0 Å². The Bertz CT molecular complexity index is 263. The van der Waals surface area contributed by atoms with E-state index in [0.29, 0.717) is 0 Å². The molecule has 0 fully saturated rings. The van der Waals surface area contributed by atoms with Crippen LogP contribution in [0.2, 0.25) is 6.04 Å². The molecule has 63 valence electrons. The molecule has 1 nitrogen and oxygen atoms in total. The lowest BCUT2D eigenvalue weighted by molar-refractivity contribution is 0.409. The van der Waals surface area contributed by atoms with Gasteiger partial charge in [0.2, 0.25) is 0 Å². The molecule has 0 bridgehead atoms. The molecule has 0 aliphatic heterocycles. The molecular formula is C9H10IOSi. The summed E-state index contributed by atoms with van der Waals surface area (Å²) in [6.45, 7) is 0. The number of hydrogen-bond acceptors (Lipinski definition) is 1. The van der Waals surface area contributed by atoms with Gasteiger partial charge in [-0.15, -0.1) is 0 Å². The molecule has 3 heteroatoms. The number of benzene rings is 1. The van der Waals surface area contributed by atoms with Crippen molar-refractivity contribution in [3.63, 3.8) is 0 Å². The van der Waals surface area contributed by atoms with E-state index in [2.05, 4.69) is 38.9 Å². The molecule has 0 spiro atoms. The van der Waals surface area contributed by atoms with Crippen LogP contribution in [0, 0.1) is 3.57 Å². The minimum atomic E-state index is 0.969. The molecule has 0 aliphatic carbocycles. The molecule has 1 rings (SSSR count). The van der Waals surface area contributed by atoms with Crippen molar-refractivity contribution in [3.8, 4) is 5.75 Å². The highest BCUT2D eigenvalue weighted by molar-refractivity contribution is 14.1. The van der Waals surface area contributed by atoms with Crippen LogP contribution in [0.4, 0.5) is 0 Å². The van der Waals surface area contributed by atoms with Gasteiger partial charge in [-0.1, -0.05) is 12.1 Å². The summed E-state index contributed by atoms with van der Waals surface area (Å²) in [5.41, 5.74) is 1.29. The van der Waals surface area contributed by atoms with E-state index in [1.54, 1.807) is 7.11 Å². The summed E-state index contributed by atoms with van der Waals surface area (Å²) in [4.78, 5) is 0. The quantitative estimate of drug-likeness (QED) is 0.613. The van der Waals surface area contributed by atoms with Crippen molar-refractivity contribution in [3.05, 3.63) is 27.3 Å². The van der Waals surface area contributed by atoms with E-state index < -0.39 is 0 Å². The van der Waals surface area contributed by atoms with Gasteiger partial charge in [-0.3, -0.25) is 0 Å². The molecule has 0 saturated heterocycles. The summed E-state index contributed by atoms with van der Waals surface area (Å²) in [6, 6.07) is 7.08. The highest BCUT2D eigenvalue weighted by Gasteiger charge is 2.04. The van der Waals surface area contributed by atoms with Crippen LogP contribution in [0.1, 0.15) is 5.56 Å². The maximum absolute atomic E-state index is 5.25. The first-order valence-corrected chi connectivity index (χ1v) is 5.54. The molecule has 12 heavy (non-hydrogen) atoms. The Hall–Kier alpha value is -0.0331. The maximum Gasteiger partial charge on any atom is 0.123 e. The van der Waals surface area contributed by atoms with Gasteiger partial charge in [0.05, 0.1) is 7.11 Å². The molecule has 3 radical (unpaired) electrons. The second-order valence-corrected chi connectivity index (χ2v) is 4.08. The summed E-state index contributed by atoms with van der Waals surface area (Å²) in [6.07, 6.45) is 1.01. The van der Waals surface area contributed by atoms with Crippen LogP contribution >= 0.6 is 22.6 Å². The highest BCUT2D eigenvalue weighted by atomic mass is 127. The number of hydrogen-bond donors (Lipinski definition) is 0. The van der Waals surface area contributed by atoms with Crippen LogP contribution in [-0.4, -0.2) is 17.4 Å². The molecule has 1 aromatic carbocycles. The Labute approximate surface area is 90.1 Å². The molecule has 0 amide bonds. The summed E-state index contributed by atoms with van der Waals surface area (Å²) in [7, 11) is 5.18. The Morgan fingerprint density at radius 1 is 1.50 bits per heavy atom. The van der Waals surface area contributed by atoms with E-state index in [4.69, 9.17) is 4.74 Å². The highest BCUT2D eigenvalue weighted by Crippen LogP contribution is 2.24. The lowest BCUT2D eigenvalue weighted by Gasteiger charge is -2.08. The first kappa shape index (κ1) is 10.1. The van der Waals surface area contributed by atoms with E-state index in [9.17, 15) is 0 Å². The third-order valence-corrected chi connectivity index (χ3v) is 2.93. The molecule has 0 aromatic heterocycles. The van der Waals surface area contributed by atoms with E-state index >= 15 is 0 Å². The van der Waals surface area contributed by atoms with Crippen molar-refractivity contribution in [2.45, 2.75) is 12.5 Å². The Balaban J connectivity index is 3.02. The maximum atomic E-state index is 5.25. The zero-order valence-corrected chi connectivity index (χ0v) is 10.1. The minimum Gasteiger partial charge on any atom is -0.496 e. The average molecular weight is 289 g/mol. The third-order valence-electron chi connectivity index (χ3n) is 1.67. The van der Waals surface area contributed by atoms with Gasteiger partial charge in [0, 0.05) is 19.4 Å². The minimum absolute atomic E-state index is 0.969. The zero-order valence-electron chi connectivity index (χ0n) is 6.93. The molecular weight excluding hydrogens is 279 g/mol. The first-order chi connectivity index (χ1) is 5.79. The molecule has 0 heterocycles. The molecule has 1 aromatic rings. The van der Waals surface area contributed by atoms with Crippen molar-refractivity contribution in [1.82, 2.24) is 0 Å². The third kappa shape index (κ3) is 2.23. The van der Waals surface area contributed by atoms with E-state index in [1.165, 1.54) is 9.13 Å². The summed E-state index contributed by atoms with van der Waals surface area (Å²) < 4.78 is 6.52. The predicted octanol–water partition coefficient (Wildman–Crippen LogP) is 2.43. The zero-order chi connectivity index (χ0) is 8.97. The second-order valence-electron chi connectivity index (χ2n) is 2.42. The second kappa shape index (κ2) is 4.86. The summed E-state index contributed by atoms with van der Waals surface area (Å²) >= 11 is 2.33. The fourth-order valence-electron chi connectivity index (χ4n) is 1.10. The number of rotatable bonds is 3. The number of methoxy groups -OCH3 is 1. The van der Waals surface area contributed by atoms with Gasteiger partial charge in [-0.2, -0.15) is 0 Å². The van der Waals surface area contributed by atoms with Gasteiger partial charge in [-0.25, -0.2) is 0 Å². The van der Waals surface area contributed by atoms with Crippen LogP contribution in [-0.2, 0) is 6.42 Å². The van der Waals surface area contributed by atoms with E-state index in [-0.39, 0.29) is 0 Å². The van der Waals surface area contributed by atoms with Gasteiger partial charge in [0.25, 0.3) is 0 Å². The standard InChI is InChI=1S/C9H10IOSi/c1-11-9-4-2-3-8(10)7(9)5-6-12/h2-4H,5-6H2,1H3. The normalized spacial score (nSPS) is 9.92. The smallest absolute Gasteiger partial charge is 0.123 e. The average Bonchev–Trinajstić information content (AvgIpc) is 2.09. The van der Waals surface area contributed by atoms with Crippen LogP contribution in [0.5, 0.6) is 5.75 Å². The van der Waals surface area contributed by atoms with E-state index in [0.717, 1.165) is 18.2 Å². The van der Waals surface area contributed by atoms with Gasteiger partial charge >= 0.3 is 0 Å². The van der Waals surface area contributed by atoms with Gasteiger partial charge in [0.15, 0.2) is 0 Å².